The number of thioether (sulfide) groups is 1. The van der Waals surface area contributed by atoms with Crippen molar-refractivity contribution >= 4 is 46.1 Å². The van der Waals surface area contributed by atoms with Gasteiger partial charge in [-0.1, -0.05) is 87.4 Å². The van der Waals surface area contributed by atoms with Crippen molar-refractivity contribution in [3.63, 3.8) is 0 Å². The molecule has 1 amide bonds. The van der Waals surface area contributed by atoms with E-state index in [2.05, 4.69) is 18.3 Å². The van der Waals surface area contributed by atoms with Gasteiger partial charge in [0.05, 0.1) is 4.91 Å². The lowest BCUT2D eigenvalue weighted by Crippen LogP contribution is -2.29. The van der Waals surface area contributed by atoms with E-state index in [1.807, 2.05) is 37.3 Å². The fourth-order valence-corrected chi connectivity index (χ4v) is 5.38. The maximum atomic E-state index is 13.2. The second kappa shape index (κ2) is 12.7. The number of anilines is 1. The Hall–Kier alpha value is -2.89. The number of hydrogen-bond donors (Lipinski definition) is 1. The van der Waals surface area contributed by atoms with Crippen LogP contribution in [0.4, 0.5) is 5.82 Å². The zero-order valence-corrected chi connectivity index (χ0v) is 22.2. The predicted molar refractivity (Wildman–Crippen MR) is 148 cm³/mol. The average Bonchev–Trinajstić information content (AvgIpc) is 3.12. The van der Waals surface area contributed by atoms with E-state index in [-0.39, 0.29) is 17.0 Å². The molecule has 1 aromatic heterocycles. The van der Waals surface area contributed by atoms with Gasteiger partial charge < -0.3 is 5.32 Å². The third-order valence-corrected chi connectivity index (χ3v) is 7.39. The molecule has 35 heavy (non-hydrogen) atoms. The van der Waals surface area contributed by atoms with Crippen LogP contribution in [0.15, 0.2) is 40.0 Å². The first-order chi connectivity index (χ1) is 16.9. The van der Waals surface area contributed by atoms with E-state index in [1.54, 1.807) is 22.5 Å². The summed E-state index contributed by atoms with van der Waals surface area (Å²) in [5.74, 6) is 0.502. The number of benzene rings is 1. The molecular formula is C27H32N4O2S2. The zero-order valence-electron chi connectivity index (χ0n) is 20.6. The highest BCUT2D eigenvalue weighted by Gasteiger charge is 2.32. The summed E-state index contributed by atoms with van der Waals surface area (Å²) in [4.78, 5) is 28.5. The van der Waals surface area contributed by atoms with Crippen LogP contribution in [-0.4, -0.2) is 26.2 Å². The lowest BCUT2D eigenvalue weighted by Gasteiger charge is -2.20. The van der Waals surface area contributed by atoms with Crippen molar-refractivity contribution in [1.82, 2.24) is 9.47 Å². The number of pyridine rings is 1. The van der Waals surface area contributed by atoms with Crippen molar-refractivity contribution in [3.8, 4) is 6.07 Å². The molecule has 0 saturated carbocycles. The molecule has 1 saturated heterocycles. The van der Waals surface area contributed by atoms with Gasteiger partial charge in [0.15, 0.2) is 0 Å². The maximum Gasteiger partial charge on any atom is 0.270 e. The van der Waals surface area contributed by atoms with Crippen LogP contribution in [0.1, 0.15) is 68.2 Å². The lowest BCUT2D eigenvalue weighted by molar-refractivity contribution is -0.122. The fraction of sp³-hybridized carbons (Fsp3) is 0.407. The number of rotatable bonds is 11. The third kappa shape index (κ3) is 6.22. The van der Waals surface area contributed by atoms with E-state index in [9.17, 15) is 14.9 Å². The van der Waals surface area contributed by atoms with Gasteiger partial charge in [-0.05, 0) is 37.0 Å². The van der Waals surface area contributed by atoms with Crippen molar-refractivity contribution in [2.75, 3.05) is 11.9 Å². The molecule has 8 heteroatoms. The van der Waals surface area contributed by atoms with Gasteiger partial charge >= 0.3 is 0 Å². The van der Waals surface area contributed by atoms with Gasteiger partial charge in [0.2, 0.25) is 0 Å². The highest BCUT2D eigenvalue weighted by Crippen LogP contribution is 2.35. The van der Waals surface area contributed by atoms with Crippen molar-refractivity contribution in [2.24, 2.45) is 0 Å². The van der Waals surface area contributed by atoms with Crippen LogP contribution in [0.5, 0.6) is 0 Å². The van der Waals surface area contributed by atoms with Crippen LogP contribution in [-0.2, 0) is 17.9 Å². The molecule has 1 N–H and O–H groups in total. The molecule has 0 unspecified atom stereocenters. The SMILES string of the molecule is CCCCCCN1C(=O)/C(=C\c2c(C)c(C#N)c(=O)n(CCC)c2NCc2ccccc2)SC1=S. The first-order valence-electron chi connectivity index (χ1n) is 12.1. The Kier molecular flexibility index (Phi) is 9.70. The average molecular weight is 509 g/mol. The van der Waals surface area contributed by atoms with Gasteiger partial charge in [0, 0.05) is 25.2 Å². The molecule has 0 aliphatic carbocycles. The minimum absolute atomic E-state index is 0.102. The second-order valence-corrected chi connectivity index (χ2v) is 10.2. The first kappa shape index (κ1) is 26.7. The van der Waals surface area contributed by atoms with E-state index in [0.717, 1.165) is 37.7 Å². The zero-order chi connectivity index (χ0) is 25.4. The molecule has 1 fully saturated rings. The molecule has 6 nitrogen and oxygen atoms in total. The highest BCUT2D eigenvalue weighted by atomic mass is 32.2. The number of hydrogen-bond acceptors (Lipinski definition) is 6. The Labute approximate surface area is 217 Å². The summed E-state index contributed by atoms with van der Waals surface area (Å²) in [5.41, 5.74) is 2.09. The predicted octanol–water partition coefficient (Wildman–Crippen LogP) is 5.83. The Balaban J connectivity index is 2.04. The van der Waals surface area contributed by atoms with Crippen molar-refractivity contribution in [2.45, 2.75) is 66.0 Å². The summed E-state index contributed by atoms with van der Waals surface area (Å²) in [7, 11) is 0. The van der Waals surface area contributed by atoms with Gasteiger partial charge in [0.25, 0.3) is 11.5 Å². The Bertz CT molecular complexity index is 1210. The van der Waals surface area contributed by atoms with Gasteiger partial charge in [0.1, 0.15) is 21.8 Å². The summed E-state index contributed by atoms with van der Waals surface area (Å²) in [5, 5.41) is 13.2. The highest BCUT2D eigenvalue weighted by molar-refractivity contribution is 8.26. The molecule has 0 atom stereocenters. The van der Waals surface area contributed by atoms with Gasteiger partial charge in [-0.3, -0.25) is 19.1 Å². The van der Waals surface area contributed by atoms with Crippen molar-refractivity contribution in [3.05, 3.63) is 67.8 Å². The van der Waals surface area contributed by atoms with E-state index < -0.39 is 0 Å². The van der Waals surface area contributed by atoms with Crippen LogP contribution < -0.4 is 10.9 Å². The Morgan fingerprint density at radius 3 is 2.49 bits per heavy atom. The Morgan fingerprint density at radius 2 is 1.83 bits per heavy atom. The topological polar surface area (TPSA) is 78.1 Å². The van der Waals surface area contributed by atoms with E-state index in [4.69, 9.17) is 12.2 Å². The molecule has 2 heterocycles. The number of nitrogens with one attached hydrogen (secondary N) is 1. The number of thiocarbonyl (C=S) groups is 1. The van der Waals surface area contributed by atoms with E-state index >= 15 is 0 Å². The molecule has 1 aromatic carbocycles. The molecule has 0 bridgehead atoms. The number of unbranched alkanes of at least 4 members (excludes halogenated alkanes) is 3. The maximum absolute atomic E-state index is 13.2. The number of nitriles is 1. The molecule has 184 valence electrons. The summed E-state index contributed by atoms with van der Waals surface area (Å²) in [6.45, 7) is 7.49. The second-order valence-electron chi connectivity index (χ2n) is 8.56. The number of carbonyl (C=O) groups excluding carboxylic acids is 1. The van der Waals surface area contributed by atoms with E-state index in [1.165, 1.54) is 11.8 Å². The number of amides is 1. The van der Waals surface area contributed by atoms with Crippen molar-refractivity contribution < 1.29 is 4.79 Å². The van der Waals surface area contributed by atoms with Gasteiger partial charge in [-0.15, -0.1) is 0 Å². The molecule has 1 aliphatic heterocycles. The van der Waals surface area contributed by atoms with Crippen LogP contribution >= 0.6 is 24.0 Å². The number of nitrogens with zero attached hydrogens (tertiary/aromatic N) is 3. The quantitative estimate of drug-likeness (QED) is 0.234. The molecular weight excluding hydrogens is 476 g/mol. The van der Waals surface area contributed by atoms with Crippen LogP contribution in [0.3, 0.4) is 0 Å². The van der Waals surface area contributed by atoms with Crippen LogP contribution in [0, 0.1) is 18.3 Å². The van der Waals surface area contributed by atoms with E-state index in [0.29, 0.717) is 45.8 Å². The van der Waals surface area contributed by atoms with Crippen LogP contribution in [0.25, 0.3) is 6.08 Å². The summed E-state index contributed by atoms with van der Waals surface area (Å²) in [6.07, 6.45) is 6.76. The minimum Gasteiger partial charge on any atom is -0.367 e. The summed E-state index contributed by atoms with van der Waals surface area (Å²) in [6, 6.07) is 12.0. The fourth-order valence-electron chi connectivity index (χ4n) is 4.09. The van der Waals surface area contributed by atoms with Gasteiger partial charge in [-0.2, -0.15) is 5.26 Å². The number of aromatic nitrogens is 1. The summed E-state index contributed by atoms with van der Waals surface area (Å²) < 4.78 is 2.17. The smallest absolute Gasteiger partial charge is 0.270 e. The molecule has 0 radical (unpaired) electrons. The standard InChI is InChI=1S/C27H32N4O2S2/c1-4-6-7-11-15-31-26(33)23(35-27(31)34)16-21-19(3)22(17-28)25(32)30(14-5-2)24(21)29-18-20-12-9-8-10-13-20/h8-10,12-13,16,29H,4-7,11,14-15,18H2,1-3H3/b23-16+. The first-order valence-corrected chi connectivity index (χ1v) is 13.4. The van der Waals surface area contributed by atoms with Gasteiger partial charge in [-0.25, -0.2) is 0 Å². The molecule has 2 aromatic rings. The normalized spacial score (nSPS) is 14.6. The molecule has 1 aliphatic rings. The number of carbonyl (C=O) groups is 1. The molecule has 3 rings (SSSR count). The summed E-state index contributed by atoms with van der Waals surface area (Å²) >= 11 is 6.79. The monoisotopic (exact) mass is 508 g/mol. The molecule has 0 spiro atoms. The lowest BCUT2D eigenvalue weighted by atomic mass is 10.0. The van der Waals surface area contributed by atoms with Crippen molar-refractivity contribution in [1.29, 1.82) is 5.26 Å². The minimum atomic E-state index is -0.317. The largest absolute Gasteiger partial charge is 0.367 e. The third-order valence-electron chi connectivity index (χ3n) is 6.01. The van der Waals surface area contributed by atoms with Crippen LogP contribution in [0.2, 0.25) is 0 Å². The Morgan fingerprint density at radius 1 is 1.09 bits per heavy atom.